The number of carbonyl (C=O) groups is 2. The van der Waals surface area contributed by atoms with Gasteiger partial charge in [-0.3, -0.25) is 4.79 Å². The molecule has 1 aromatic carbocycles. The molecule has 1 aliphatic heterocycles. The molecule has 0 aliphatic carbocycles. The zero-order valence-electron chi connectivity index (χ0n) is 12.7. The van der Waals surface area contributed by atoms with Crippen LogP contribution in [0.3, 0.4) is 0 Å². The van der Waals surface area contributed by atoms with Crippen LogP contribution < -0.4 is 0 Å². The first-order chi connectivity index (χ1) is 10.0. The highest BCUT2D eigenvalue weighted by Gasteiger charge is 2.49. The van der Waals surface area contributed by atoms with Crippen molar-refractivity contribution in [2.45, 2.75) is 51.0 Å². The molecule has 4 nitrogen and oxygen atoms in total. The lowest BCUT2D eigenvalue weighted by Crippen LogP contribution is -2.54. The van der Waals surface area contributed by atoms with Crippen LogP contribution >= 0.6 is 0 Å². The Labute approximate surface area is 125 Å². The lowest BCUT2D eigenvalue weighted by Gasteiger charge is -2.36. The van der Waals surface area contributed by atoms with Crippen molar-refractivity contribution in [3.8, 4) is 0 Å². The minimum Gasteiger partial charge on any atom is -0.479 e. The Kier molecular flexibility index (Phi) is 4.66. The first-order valence-electron chi connectivity index (χ1n) is 7.62. The lowest BCUT2D eigenvalue weighted by molar-refractivity contribution is -0.157. The van der Waals surface area contributed by atoms with Crippen LogP contribution in [0.15, 0.2) is 30.3 Å². The van der Waals surface area contributed by atoms with Gasteiger partial charge in [-0.15, -0.1) is 0 Å². The van der Waals surface area contributed by atoms with E-state index < -0.39 is 11.5 Å². The standard InChI is InChI=1S/C17H23NO3/c1-3-10-17(16(20)21)11-7-12-18(17)15(19)13(2)14-8-5-4-6-9-14/h4-6,8-9,13H,3,7,10-12H2,1-2H3,(H,20,21). The summed E-state index contributed by atoms with van der Waals surface area (Å²) in [7, 11) is 0. The summed E-state index contributed by atoms with van der Waals surface area (Å²) in [5.74, 6) is -1.25. The summed E-state index contributed by atoms with van der Waals surface area (Å²) in [6.45, 7) is 4.36. The fourth-order valence-corrected chi connectivity index (χ4v) is 3.32. The second kappa shape index (κ2) is 6.29. The van der Waals surface area contributed by atoms with Crippen LogP contribution in [0.2, 0.25) is 0 Å². The minimum atomic E-state index is -1.01. The van der Waals surface area contributed by atoms with Crippen molar-refractivity contribution in [1.29, 1.82) is 0 Å². The number of carboxylic acid groups (broad SMARTS) is 1. The van der Waals surface area contributed by atoms with E-state index in [0.717, 1.165) is 18.4 Å². The van der Waals surface area contributed by atoms with E-state index in [1.54, 1.807) is 4.90 Å². The van der Waals surface area contributed by atoms with Crippen LogP contribution in [0.1, 0.15) is 51.0 Å². The van der Waals surface area contributed by atoms with E-state index in [9.17, 15) is 14.7 Å². The Morgan fingerprint density at radius 2 is 2.00 bits per heavy atom. The highest BCUT2D eigenvalue weighted by molar-refractivity contribution is 5.91. The monoisotopic (exact) mass is 289 g/mol. The van der Waals surface area contributed by atoms with Crippen molar-refractivity contribution in [3.05, 3.63) is 35.9 Å². The van der Waals surface area contributed by atoms with Crippen molar-refractivity contribution in [2.75, 3.05) is 6.54 Å². The number of carboxylic acids is 1. The molecule has 1 aliphatic rings. The quantitative estimate of drug-likeness (QED) is 0.906. The molecule has 1 heterocycles. The summed E-state index contributed by atoms with van der Waals surface area (Å²) < 4.78 is 0. The summed E-state index contributed by atoms with van der Waals surface area (Å²) >= 11 is 0. The SMILES string of the molecule is CCCC1(C(=O)O)CCCN1C(=O)C(C)c1ccccc1. The lowest BCUT2D eigenvalue weighted by atomic mass is 9.89. The topological polar surface area (TPSA) is 57.6 Å². The van der Waals surface area contributed by atoms with Crippen molar-refractivity contribution in [3.63, 3.8) is 0 Å². The molecule has 1 saturated heterocycles. The maximum absolute atomic E-state index is 12.8. The van der Waals surface area contributed by atoms with E-state index in [2.05, 4.69) is 0 Å². The molecule has 114 valence electrons. The molecule has 21 heavy (non-hydrogen) atoms. The summed E-state index contributed by atoms with van der Waals surface area (Å²) in [6.07, 6.45) is 2.61. The van der Waals surface area contributed by atoms with Crippen LogP contribution in [0.4, 0.5) is 0 Å². The molecule has 1 N–H and O–H groups in total. The highest BCUT2D eigenvalue weighted by atomic mass is 16.4. The first-order valence-corrected chi connectivity index (χ1v) is 7.62. The van der Waals surface area contributed by atoms with Gasteiger partial charge >= 0.3 is 5.97 Å². The van der Waals surface area contributed by atoms with E-state index in [0.29, 0.717) is 19.4 Å². The van der Waals surface area contributed by atoms with Crippen LogP contribution in [-0.4, -0.2) is 34.0 Å². The molecule has 0 saturated carbocycles. The van der Waals surface area contributed by atoms with E-state index in [1.165, 1.54) is 0 Å². The third-order valence-corrected chi connectivity index (χ3v) is 4.49. The van der Waals surface area contributed by atoms with Gasteiger partial charge in [-0.2, -0.15) is 0 Å². The second-order valence-electron chi connectivity index (χ2n) is 5.81. The average molecular weight is 289 g/mol. The molecule has 1 amide bonds. The summed E-state index contributed by atoms with van der Waals surface area (Å²) in [5.41, 5.74) is -0.0697. The van der Waals surface area contributed by atoms with Crippen molar-refractivity contribution in [2.24, 2.45) is 0 Å². The van der Waals surface area contributed by atoms with Gasteiger partial charge in [0, 0.05) is 6.54 Å². The van der Waals surface area contributed by atoms with Crippen LogP contribution in [-0.2, 0) is 9.59 Å². The maximum Gasteiger partial charge on any atom is 0.329 e. The van der Waals surface area contributed by atoms with Crippen molar-refractivity contribution in [1.82, 2.24) is 4.90 Å². The fourth-order valence-electron chi connectivity index (χ4n) is 3.32. The number of aliphatic carboxylic acids is 1. The number of hydrogen-bond acceptors (Lipinski definition) is 2. The molecule has 1 aromatic rings. The van der Waals surface area contributed by atoms with Gasteiger partial charge < -0.3 is 10.0 Å². The molecule has 2 atom stereocenters. The number of rotatable bonds is 5. The molecule has 4 heteroatoms. The first kappa shape index (κ1) is 15.5. The number of nitrogens with zero attached hydrogens (tertiary/aromatic N) is 1. The van der Waals surface area contributed by atoms with Gasteiger partial charge in [0.25, 0.3) is 0 Å². The largest absolute Gasteiger partial charge is 0.479 e. The fraction of sp³-hybridized carbons (Fsp3) is 0.529. The van der Waals surface area contributed by atoms with Crippen LogP contribution in [0.5, 0.6) is 0 Å². The predicted molar refractivity (Wildman–Crippen MR) is 81.1 cm³/mol. The number of carbonyl (C=O) groups excluding carboxylic acids is 1. The normalized spacial score (nSPS) is 23.0. The number of hydrogen-bond donors (Lipinski definition) is 1. The average Bonchev–Trinajstić information content (AvgIpc) is 2.92. The van der Waals surface area contributed by atoms with E-state index in [-0.39, 0.29) is 11.8 Å². The Morgan fingerprint density at radius 1 is 1.33 bits per heavy atom. The third-order valence-electron chi connectivity index (χ3n) is 4.49. The van der Waals surface area contributed by atoms with Gasteiger partial charge in [0.2, 0.25) is 5.91 Å². The molecule has 0 aromatic heterocycles. The van der Waals surface area contributed by atoms with Gasteiger partial charge in [0.1, 0.15) is 5.54 Å². The molecule has 0 spiro atoms. The third kappa shape index (κ3) is 2.80. The van der Waals surface area contributed by atoms with Gasteiger partial charge in [-0.05, 0) is 31.7 Å². The smallest absolute Gasteiger partial charge is 0.329 e. The number of benzene rings is 1. The summed E-state index contributed by atoms with van der Waals surface area (Å²) in [6, 6.07) is 9.55. The number of likely N-dealkylation sites (tertiary alicyclic amines) is 1. The van der Waals surface area contributed by atoms with Crippen molar-refractivity contribution >= 4 is 11.9 Å². The Balaban J connectivity index is 2.27. The number of amides is 1. The Bertz CT molecular complexity index is 514. The predicted octanol–water partition coefficient (Wildman–Crippen LogP) is 3.04. The minimum absolute atomic E-state index is 0.0745. The van der Waals surface area contributed by atoms with Gasteiger partial charge in [0.05, 0.1) is 5.92 Å². The van der Waals surface area contributed by atoms with Gasteiger partial charge in [-0.1, -0.05) is 43.7 Å². The summed E-state index contributed by atoms with van der Waals surface area (Å²) in [4.78, 5) is 26.2. The Hall–Kier alpha value is -1.84. The van der Waals surface area contributed by atoms with Gasteiger partial charge in [0.15, 0.2) is 0 Å². The highest BCUT2D eigenvalue weighted by Crippen LogP contribution is 2.36. The molecule has 1 fully saturated rings. The Morgan fingerprint density at radius 3 is 2.57 bits per heavy atom. The van der Waals surface area contributed by atoms with Gasteiger partial charge in [-0.25, -0.2) is 4.79 Å². The molecular formula is C17H23NO3. The molecule has 2 unspecified atom stereocenters. The molecular weight excluding hydrogens is 266 g/mol. The molecule has 2 rings (SSSR count). The van der Waals surface area contributed by atoms with E-state index in [1.807, 2.05) is 44.2 Å². The second-order valence-corrected chi connectivity index (χ2v) is 5.81. The summed E-state index contributed by atoms with van der Waals surface area (Å²) in [5, 5.41) is 9.67. The van der Waals surface area contributed by atoms with Crippen LogP contribution in [0.25, 0.3) is 0 Å². The zero-order chi connectivity index (χ0) is 15.5. The van der Waals surface area contributed by atoms with Crippen LogP contribution in [0, 0.1) is 0 Å². The molecule has 0 bridgehead atoms. The maximum atomic E-state index is 12.8. The van der Waals surface area contributed by atoms with E-state index >= 15 is 0 Å². The molecule has 0 radical (unpaired) electrons. The van der Waals surface area contributed by atoms with E-state index in [4.69, 9.17) is 0 Å². The van der Waals surface area contributed by atoms with Crippen molar-refractivity contribution < 1.29 is 14.7 Å². The zero-order valence-corrected chi connectivity index (χ0v) is 12.7.